The maximum atomic E-state index is 3.90. The van der Waals surface area contributed by atoms with E-state index in [0.29, 0.717) is 4.83 Å². The van der Waals surface area contributed by atoms with Gasteiger partial charge in [0, 0.05) is 4.83 Å². The summed E-state index contributed by atoms with van der Waals surface area (Å²) in [6, 6.07) is 9.07. The molecule has 0 amide bonds. The van der Waals surface area contributed by atoms with Gasteiger partial charge in [0.25, 0.3) is 0 Å². The summed E-state index contributed by atoms with van der Waals surface area (Å²) >= 11 is 3.90. The Labute approximate surface area is 120 Å². The number of rotatable bonds is 3. The van der Waals surface area contributed by atoms with Crippen LogP contribution in [0.25, 0.3) is 0 Å². The van der Waals surface area contributed by atoms with E-state index in [-0.39, 0.29) is 0 Å². The van der Waals surface area contributed by atoms with Crippen molar-refractivity contribution in [1.82, 2.24) is 0 Å². The van der Waals surface area contributed by atoms with Gasteiger partial charge >= 0.3 is 0 Å². The van der Waals surface area contributed by atoms with Crippen LogP contribution in [0.2, 0.25) is 0 Å². The molecule has 0 aromatic heterocycles. The van der Waals surface area contributed by atoms with Gasteiger partial charge in [-0.05, 0) is 55.9 Å². The second kappa shape index (κ2) is 6.23. The van der Waals surface area contributed by atoms with Crippen LogP contribution in [0.15, 0.2) is 24.3 Å². The third-order valence-corrected chi connectivity index (χ3v) is 5.70. The number of halogens is 1. The Morgan fingerprint density at radius 3 is 2.44 bits per heavy atom. The smallest absolute Gasteiger partial charge is 0.0177 e. The van der Waals surface area contributed by atoms with Gasteiger partial charge < -0.3 is 0 Å². The third-order valence-electron chi connectivity index (χ3n) is 4.49. The predicted octanol–water partition coefficient (Wildman–Crippen LogP) is 5.37. The lowest BCUT2D eigenvalue weighted by Crippen LogP contribution is -2.29. The van der Waals surface area contributed by atoms with Crippen LogP contribution in [-0.4, -0.2) is 4.83 Å². The molecule has 0 aliphatic heterocycles. The largest absolute Gasteiger partial charge is 0.0888 e. The van der Waals surface area contributed by atoms with Crippen LogP contribution in [0, 0.1) is 24.7 Å². The summed E-state index contributed by atoms with van der Waals surface area (Å²) in [5.74, 6) is 2.58. The molecule has 1 aliphatic carbocycles. The van der Waals surface area contributed by atoms with Crippen LogP contribution in [0.1, 0.15) is 44.2 Å². The first kappa shape index (κ1) is 14.1. The number of benzene rings is 1. The molecule has 0 bridgehead atoms. The standard InChI is InChI=1S/C17H25Br/c1-12(2)15-8-9-17(18)16(11-15)10-14-6-4-13(3)5-7-14/h4-7,12,15-17H,8-11H2,1-3H3. The highest BCUT2D eigenvalue weighted by Gasteiger charge is 2.30. The van der Waals surface area contributed by atoms with E-state index >= 15 is 0 Å². The van der Waals surface area contributed by atoms with Crippen molar-refractivity contribution in [2.45, 2.75) is 51.3 Å². The molecular weight excluding hydrogens is 284 g/mol. The van der Waals surface area contributed by atoms with Crippen molar-refractivity contribution in [2.24, 2.45) is 17.8 Å². The van der Waals surface area contributed by atoms with Gasteiger partial charge in [-0.25, -0.2) is 0 Å². The highest BCUT2D eigenvalue weighted by atomic mass is 79.9. The number of hydrogen-bond acceptors (Lipinski definition) is 0. The molecule has 3 atom stereocenters. The van der Waals surface area contributed by atoms with E-state index in [4.69, 9.17) is 0 Å². The summed E-state index contributed by atoms with van der Waals surface area (Å²) in [5, 5.41) is 0. The Morgan fingerprint density at radius 2 is 1.83 bits per heavy atom. The number of alkyl halides is 1. The van der Waals surface area contributed by atoms with Crippen molar-refractivity contribution < 1.29 is 0 Å². The molecule has 18 heavy (non-hydrogen) atoms. The van der Waals surface area contributed by atoms with E-state index < -0.39 is 0 Å². The van der Waals surface area contributed by atoms with Crippen molar-refractivity contribution in [3.05, 3.63) is 35.4 Å². The lowest BCUT2D eigenvalue weighted by Gasteiger charge is -2.35. The highest BCUT2D eigenvalue weighted by Crippen LogP contribution is 2.38. The quantitative estimate of drug-likeness (QED) is 0.658. The minimum Gasteiger partial charge on any atom is -0.0888 e. The summed E-state index contributed by atoms with van der Waals surface area (Å²) < 4.78 is 0. The summed E-state index contributed by atoms with van der Waals surface area (Å²) in [5.41, 5.74) is 2.86. The molecule has 3 unspecified atom stereocenters. The molecule has 0 saturated heterocycles. The van der Waals surface area contributed by atoms with Crippen LogP contribution >= 0.6 is 15.9 Å². The average Bonchev–Trinajstić information content (AvgIpc) is 2.34. The van der Waals surface area contributed by atoms with Gasteiger partial charge in [-0.2, -0.15) is 0 Å². The van der Waals surface area contributed by atoms with Gasteiger partial charge in [-0.3, -0.25) is 0 Å². The fourth-order valence-corrected chi connectivity index (χ4v) is 3.77. The van der Waals surface area contributed by atoms with Gasteiger partial charge in [0.05, 0.1) is 0 Å². The molecule has 0 heterocycles. The third kappa shape index (κ3) is 3.60. The maximum absolute atomic E-state index is 3.90. The van der Waals surface area contributed by atoms with Crippen LogP contribution in [0.5, 0.6) is 0 Å². The molecule has 1 aliphatic rings. The first-order valence-electron chi connectivity index (χ1n) is 7.26. The Balaban J connectivity index is 2.00. The zero-order valence-corrected chi connectivity index (χ0v) is 13.4. The van der Waals surface area contributed by atoms with Crippen molar-refractivity contribution in [3.8, 4) is 0 Å². The number of aryl methyl sites for hydroxylation is 1. The Kier molecular flexibility index (Phi) is 4.89. The zero-order chi connectivity index (χ0) is 13.1. The van der Waals surface area contributed by atoms with Crippen molar-refractivity contribution in [2.75, 3.05) is 0 Å². The van der Waals surface area contributed by atoms with Crippen molar-refractivity contribution >= 4 is 15.9 Å². The second-order valence-electron chi connectivity index (χ2n) is 6.28. The molecule has 1 heteroatoms. The molecule has 0 radical (unpaired) electrons. The fourth-order valence-electron chi connectivity index (χ4n) is 3.11. The van der Waals surface area contributed by atoms with E-state index in [0.717, 1.165) is 17.8 Å². The summed E-state index contributed by atoms with van der Waals surface area (Å²) in [6.45, 7) is 6.91. The van der Waals surface area contributed by atoms with E-state index in [9.17, 15) is 0 Å². The maximum Gasteiger partial charge on any atom is 0.0177 e. The van der Waals surface area contributed by atoms with E-state index in [1.54, 1.807) is 0 Å². The van der Waals surface area contributed by atoms with E-state index in [1.807, 2.05) is 0 Å². The van der Waals surface area contributed by atoms with Crippen LogP contribution in [0.3, 0.4) is 0 Å². The summed E-state index contributed by atoms with van der Waals surface area (Å²) in [6.07, 6.45) is 5.37. The first-order chi connectivity index (χ1) is 8.56. The molecule has 2 rings (SSSR count). The monoisotopic (exact) mass is 308 g/mol. The average molecular weight is 309 g/mol. The zero-order valence-electron chi connectivity index (χ0n) is 11.8. The Morgan fingerprint density at radius 1 is 1.17 bits per heavy atom. The molecule has 100 valence electrons. The molecule has 0 nitrogen and oxygen atoms in total. The Bertz CT molecular complexity index is 366. The van der Waals surface area contributed by atoms with Gasteiger partial charge in [0.1, 0.15) is 0 Å². The molecule has 1 aromatic carbocycles. The SMILES string of the molecule is Cc1ccc(CC2CC(C(C)C)CCC2Br)cc1. The molecule has 0 spiro atoms. The molecule has 1 saturated carbocycles. The molecule has 1 fully saturated rings. The molecule has 1 aromatic rings. The summed E-state index contributed by atoms with van der Waals surface area (Å²) in [7, 11) is 0. The number of hydrogen-bond donors (Lipinski definition) is 0. The van der Waals surface area contributed by atoms with Crippen molar-refractivity contribution in [1.29, 1.82) is 0 Å². The van der Waals surface area contributed by atoms with Crippen LogP contribution in [0.4, 0.5) is 0 Å². The van der Waals surface area contributed by atoms with E-state index in [1.165, 1.54) is 36.8 Å². The second-order valence-corrected chi connectivity index (χ2v) is 7.46. The van der Waals surface area contributed by atoms with Gasteiger partial charge in [-0.1, -0.05) is 59.6 Å². The minimum absolute atomic E-state index is 0.716. The predicted molar refractivity (Wildman–Crippen MR) is 83.3 cm³/mol. The fraction of sp³-hybridized carbons (Fsp3) is 0.647. The lowest BCUT2D eigenvalue weighted by molar-refractivity contribution is 0.223. The molecule has 0 N–H and O–H groups in total. The molecular formula is C17H25Br. The minimum atomic E-state index is 0.716. The Hall–Kier alpha value is -0.300. The highest BCUT2D eigenvalue weighted by molar-refractivity contribution is 9.09. The van der Waals surface area contributed by atoms with Gasteiger partial charge in [-0.15, -0.1) is 0 Å². The normalized spacial score (nSPS) is 28.6. The topological polar surface area (TPSA) is 0 Å². The lowest BCUT2D eigenvalue weighted by atomic mass is 9.74. The van der Waals surface area contributed by atoms with E-state index in [2.05, 4.69) is 61.0 Å². The summed E-state index contributed by atoms with van der Waals surface area (Å²) in [4.78, 5) is 0.716. The van der Waals surface area contributed by atoms with Gasteiger partial charge in [0.15, 0.2) is 0 Å². The van der Waals surface area contributed by atoms with Crippen molar-refractivity contribution in [3.63, 3.8) is 0 Å². The van der Waals surface area contributed by atoms with Crippen LogP contribution < -0.4 is 0 Å². The first-order valence-corrected chi connectivity index (χ1v) is 8.17. The van der Waals surface area contributed by atoms with Crippen LogP contribution in [-0.2, 0) is 6.42 Å². The van der Waals surface area contributed by atoms with Gasteiger partial charge in [0.2, 0.25) is 0 Å².